The quantitative estimate of drug-likeness (QED) is 0.738. The van der Waals surface area contributed by atoms with Gasteiger partial charge in [-0.25, -0.2) is 4.39 Å². The maximum atomic E-state index is 13.3. The maximum absolute atomic E-state index is 13.3. The number of carbonyl (C=O) groups excluding carboxylic acids is 1. The van der Waals surface area contributed by atoms with E-state index in [1.54, 1.807) is 37.5 Å². The minimum atomic E-state index is -0.349. The van der Waals surface area contributed by atoms with Crippen molar-refractivity contribution in [2.75, 3.05) is 0 Å². The first kappa shape index (κ1) is 10.5. The lowest BCUT2D eigenvalue weighted by Crippen LogP contribution is -2.10. The predicted molar refractivity (Wildman–Crippen MR) is 57.6 cm³/mol. The minimum Gasteiger partial charge on any atom is -0.292 e. The Balaban J connectivity index is 2.21. The third-order valence-electron chi connectivity index (χ3n) is 2.42. The second-order valence-corrected chi connectivity index (χ2v) is 3.53. The number of aryl methyl sites for hydroxylation is 1. The third-order valence-corrected chi connectivity index (χ3v) is 2.42. The molecule has 0 aliphatic heterocycles. The Morgan fingerprint density at radius 3 is 2.75 bits per heavy atom. The largest absolute Gasteiger partial charge is 0.292 e. The van der Waals surface area contributed by atoms with E-state index in [1.165, 1.54) is 10.7 Å². The average Bonchev–Trinajstić information content (AvgIpc) is 2.68. The van der Waals surface area contributed by atoms with Crippen LogP contribution < -0.4 is 0 Å². The first-order valence-electron chi connectivity index (χ1n) is 4.93. The van der Waals surface area contributed by atoms with Crippen molar-refractivity contribution in [1.29, 1.82) is 0 Å². The van der Waals surface area contributed by atoms with Crippen LogP contribution in [-0.2, 0) is 13.5 Å². The van der Waals surface area contributed by atoms with Crippen molar-refractivity contribution in [2.45, 2.75) is 6.42 Å². The van der Waals surface area contributed by atoms with Crippen LogP contribution in [0.25, 0.3) is 0 Å². The van der Waals surface area contributed by atoms with Gasteiger partial charge in [0.25, 0.3) is 0 Å². The summed E-state index contributed by atoms with van der Waals surface area (Å²) in [7, 11) is 1.69. The minimum absolute atomic E-state index is 0.0617. The molecule has 0 N–H and O–H groups in total. The van der Waals surface area contributed by atoms with Crippen LogP contribution in [0, 0.1) is 5.82 Å². The second kappa shape index (κ2) is 4.26. The van der Waals surface area contributed by atoms with Gasteiger partial charge in [0, 0.05) is 19.7 Å². The van der Waals surface area contributed by atoms with Gasteiger partial charge >= 0.3 is 0 Å². The Hall–Kier alpha value is -1.97. The number of rotatable bonds is 3. The summed E-state index contributed by atoms with van der Waals surface area (Å²) < 4.78 is 14.8. The van der Waals surface area contributed by atoms with Crippen molar-refractivity contribution < 1.29 is 9.18 Å². The fourth-order valence-corrected chi connectivity index (χ4v) is 1.55. The summed E-state index contributed by atoms with van der Waals surface area (Å²) in [5.41, 5.74) is 0.900. The molecule has 0 amide bonds. The number of nitrogens with zero attached hydrogens (tertiary/aromatic N) is 2. The molecule has 3 nitrogen and oxygen atoms in total. The molecule has 1 aromatic heterocycles. The molecule has 0 unspecified atom stereocenters. The van der Waals surface area contributed by atoms with Crippen molar-refractivity contribution in [2.24, 2.45) is 7.05 Å². The smallest absolute Gasteiger partial charge is 0.185 e. The SMILES string of the molecule is Cn1nccc1C(=O)Cc1ccccc1F. The molecule has 2 rings (SSSR count). The number of hydrogen-bond acceptors (Lipinski definition) is 2. The lowest BCUT2D eigenvalue weighted by molar-refractivity contribution is 0.0983. The molecule has 0 saturated heterocycles. The Kier molecular flexibility index (Phi) is 2.81. The van der Waals surface area contributed by atoms with E-state index in [9.17, 15) is 9.18 Å². The van der Waals surface area contributed by atoms with E-state index in [0.29, 0.717) is 11.3 Å². The zero-order valence-electron chi connectivity index (χ0n) is 8.85. The lowest BCUT2D eigenvalue weighted by Gasteiger charge is -2.02. The molecule has 0 aliphatic rings. The Labute approximate surface area is 92.5 Å². The van der Waals surface area contributed by atoms with E-state index in [-0.39, 0.29) is 18.0 Å². The average molecular weight is 218 g/mol. The highest BCUT2D eigenvalue weighted by atomic mass is 19.1. The van der Waals surface area contributed by atoms with E-state index in [2.05, 4.69) is 5.10 Å². The number of benzene rings is 1. The summed E-state index contributed by atoms with van der Waals surface area (Å²) >= 11 is 0. The van der Waals surface area contributed by atoms with Gasteiger partial charge in [-0.05, 0) is 17.7 Å². The molecule has 0 atom stereocenters. The number of hydrogen-bond donors (Lipinski definition) is 0. The van der Waals surface area contributed by atoms with Crippen molar-refractivity contribution in [3.8, 4) is 0 Å². The van der Waals surface area contributed by atoms with E-state index < -0.39 is 0 Å². The third kappa shape index (κ3) is 2.00. The van der Waals surface area contributed by atoms with Gasteiger partial charge < -0.3 is 0 Å². The molecule has 1 heterocycles. The molecule has 0 bridgehead atoms. The number of halogens is 1. The molecule has 82 valence electrons. The first-order valence-corrected chi connectivity index (χ1v) is 4.93. The van der Waals surface area contributed by atoms with Gasteiger partial charge in [0.15, 0.2) is 5.78 Å². The first-order chi connectivity index (χ1) is 7.68. The van der Waals surface area contributed by atoms with Gasteiger partial charge in [0.2, 0.25) is 0 Å². The van der Waals surface area contributed by atoms with Crippen molar-refractivity contribution in [3.05, 3.63) is 53.6 Å². The summed E-state index contributed by atoms with van der Waals surface area (Å²) in [6.45, 7) is 0. The monoisotopic (exact) mass is 218 g/mol. The van der Waals surface area contributed by atoms with E-state index in [0.717, 1.165) is 0 Å². The molecule has 0 fully saturated rings. The summed E-state index contributed by atoms with van der Waals surface area (Å²) in [5, 5.41) is 3.90. The number of Topliss-reactive ketones (excluding diaryl/α,β-unsaturated/α-hetero) is 1. The van der Waals surface area contributed by atoms with Crippen LogP contribution in [0.15, 0.2) is 36.5 Å². The van der Waals surface area contributed by atoms with Gasteiger partial charge in [0.1, 0.15) is 11.5 Å². The highest BCUT2D eigenvalue weighted by Gasteiger charge is 2.12. The summed E-state index contributed by atoms with van der Waals surface area (Å²) in [5.74, 6) is -0.483. The standard InChI is InChI=1S/C12H11FN2O/c1-15-11(6-7-14-15)12(16)8-9-4-2-3-5-10(9)13/h2-7H,8H2,1H3. The lowest BCUT2D eigenvalue weighted by atomic mass is 10.1. The Morgan fingerprint density at radius 2 is 2.12 bits per heavy atom. The van der Waals surface area contributed by atoms with Gasteiger partial charge in [-0.1, -0.05) is 18.2 Å². The number of ketones is 1. The fourth-order valence-electron chi connectivity index (χ4n) is 1.55. The molecule has 4 heteroatoms. The topological polar surface area (TPSA) is 34.9 Å². The van der Waals surface area contributed by atoms with Gasteiger partial charge in [0.05, 0.1) is 0 Å². The maximum Gasteiger partial charge on any atom is 0.185 e. The normalized spacial score (nSPS) is 10.4. The van der Waals surface area contributed by atoms with Gasteiger partial charge in [-0.15, -0.1) is 0 Å². The van der Waals surface area contributed by atoms with Crippen LogP contribution in [0.1, 0.15) is 16.1 Å². The molecule has 0 spiro atoms. The Morgan fingerprint density at radius 1 is 1.38 bits per heavy atom. The van der Waals surface area contributed by atoms with E-state index >= 15 is 0 Å². The van der Waals surface area contributed by atoms with Crippen molar-refractivity contribution >= 4 is 5.78 Å². The van der Waals surface area contributed by atoms with E-state index in [4.69, 9.17) is 0 Å². The highest BCUT2D eigenvalue weighted by molar-refractivity contribution is 5.95. The Bertz CT molecular complexity index is 519. The van der Waals surface area contributed by atoms with Crippen LogP contribution in [0.2, 0.25) is 0 Å². The summed E-state index contributed by atoms with van der Waals surface area (Å²) in [6.07, 6.45) is 1.61. The van der Waals surface area contributed by atoms with Crippen LogP contribution in [-0.4, -0.2) is 15.6 Å². The van der Waals surface area contributed by atoms with Crippen molar-refractivity contribution in [1.82, 2.24) is 9.78 Å². The van der Waals surface area contributed by atoms with Gasteiger partial charge in [-0.2, -0.15) is 5.10 Å². The zero-order chi connectivity index (χ0) is 11.5. The number of aromatic nitrogens is 2. The molecule has 0 aliphatic carbocycles. The molecule has 16 heavy (non-hydrogen) atoms. The zero-order valence-corrected chi connectivity index (χ0v) is 8.85. The molecular formula is C12H11FN2O. The predicted octanol–water partition coefficient (Wildman–Crippen LogP) is 1.98. The second-order valence-electron chi connectivity index (χ2n) is 3.53. The molecule has 2 aromatic rings. The summed E-state index contributed by atoms with van der Waals surface area (Å²) in [6, 6.07) is 7.92. The van der Waals surface area contributed by atoms with Crippen LogP contribution in [0.4, 0.5) is 4.39 Å². The van der Waals surface area contributed by atoms with Crippen LogP contribution >= 0.6 is 0 Å². The molecule has 0 radical (unpaired) electrons. The van der Waals surface area contributed by atoms with Crippen LogP contribution in [0.3, 0.4) is 0 Å². The van der Waals surface area contributed by atoms with Crippen LogP contribution in [0.5, 0.6) is 0 Å². The molecule has 0 saturated carbocycles. The van der Waals surface area contributed by atoms with E-state index in [1.807, 2.05) is 0 Å². The molecule has 1 aromatic carbocycles. The van der Waals surface area contributed by atoms with Gasteiger partial charge in [-0.3, -0.25) is 9.48 Å². The van der Waals surface area contributed by atoms with Crippen molar-refractivity contribution in [3.63, 3.8) is 0 Å². The number of carbonyl (C=O) groups is 1. The summed E-state index contributed by atoms with van der Waals surface area (Å²) in [4.78, 5) is 11.8. The highest BCUT2D eigenvalue weighted by Crippen LogP contribution is 2.10. The molecular weight excluding hydrogens is 207 g/mol. The fraction of sp³-hybridized carbons (Fsp3) is 0.167.